The lowest BCUT2D eigenvalue weighted by Crippen LogP contribution is -2.59. The average Bonchev–Trinajstić information content (AvgIpc) is 2.58. The van der Waals surface area contributed by atoms with Crippen LogP contribution in [0.25, 0.3) is 0 Å². The third kappa shape index (κ3) is 2.89. The molecule has 3 N–H and O–H groups in total. The van der Waals surface area contributed by atoms with Gasteiger partial charge in [0.25, 0.3) is 0 Å². The third-order valence-corrected chi connectivity index (χ3v) is 6.92. The quantitative estimate of drug-likeness (QED) is 0.768. The number of nitrogens with one attached hydrogen (secondary N) is 1. The summed E-state index contributed by atoms with van der Waals surface area (Å²) in [6.45, 7) is 1.95. The van der Waals surface area contributed by atoms with Crippen LogP contribution in [-0.4, -0.2) is 35.4 Å². The van der Waals surface area contributed by atoms with E-state index in [0.29, 0.717) is 11.8 Å². The van der Waals surface area contributed by atoms with Gasteiger partial charge in [-0.15, -0.1) is 0 Å². The molecule has 4 aliphatic carbocycles. The lowest BCUT2D eigenvalue weighted by molar-refractivity contribution is -0.149. The van der Waals surface area contributed by atoms with Crippen molar-refractivity contribution >= 4 is 5.91 Å². The van der Waals surface area contributed by atoms with Crippen molar-refractivity contribution in [2.45, 2.75) is 57.0 Å². The van der Waals surface area contributed by atoms with Crippen molar-refractivity contribution in [2.24, 2.45) is 17.3 Å². The Hall–Kier alpha value is -1.39. The summed E-state index contributed by atoms with van der Waals surface area (Å²) in [5, 5.41) is 21.5. The van der Waals surface area contributed by atoms with Gasteiger partial charge in [0, 0.05) is 6.54 Å². The molecule has 2 unspecified atom stereocenters. The van der Waals surface area contributed by atoms with Crippen LogP contribution in [0.5, 0.6) is 0 Å². The Bertz CT molecular complexity index is 640. The van der Waals surface area contributed by atoms with Crippen molar-refractivity contribution in [1.29, 1.82) is 0 Å². The van der Waals surface area contributed by atoms with Crippen LogP contribution in [0.4, 0.5) is 0 Å². The van der Waals surface area contributed by atoms with Crippen molar-refractivity contribution in [3.05, 3.63) is 35.4 Å². The largest absolute Gasteiger partial charge is 0.394 e. The highest BCUT2D eigenvalue weighted by molar-refractivity contribution is 5.83. The molecule has 4 bridgehead atoms. The molecule has 1 aromatic carbocycles. The summed E-state index contributed by atoms with van der Waals surface area (Å²) in [6, 6.07) is 8.92. The van der Waals surface area contributed by atoms with Crippen LogP contribution < -0.4 is 5.32 Å². The van der Waals surface area contributed by atoms with E-state index in [1.807, 2.05) is 0 Å². The summed E-state index contributed by atoms with van der Waals surface area (Å²) >= 11 is 0. The highest BCUT2D eigenvalue weighted by Gasteiger charge is 2.60. The van der Waals surface area contributed by atoms with E-state index in [0.717, 1.165) is 19.3 Å². The van der Waals surface area contributed by atoms with Gasteiger partial charge in [-0.1, -0.05) is 29.8 Å². The van der Waals surface area contributed by atoms with E-state index in [2.05, 4.69) is 36.5 Å². The Kier molecular flexibility index (Phi) is 4.16. The minimum Gasteiger partial charge on any atom is -0.394 e. The van der Waals surface area contributed by atoms with E-state index in [9.17, 15) is 9.90 Å². The first-order chi connectivity index (χ1) is 11.9. The smallest absolute Gasteiger partial charge is 0.226 e. The summed E-state index contributed by atoms with van der Waals surface area (Å²) in [5.74, 6) is 1.36. The first-order valence-corrected chi connectivity index (χ1v) is 9.59. The topological polar surface area (TPSA) is 69.6 Å². The van der Waals surface area contributed by atoms with Crippen LogP contribution in [0.2, 0.25) is 0 Å². The zero-order chi connectivity index (χ0) is 17.7. The summed E-state index contributed by atoms with van der Waals surface area (Å²) < 4.78 is 0. The minimum atomic E-state index is -0.871. The molecular weight excluding hydrogens is 314 g/mol. The van der Waals surface area contributed by atoms with Gasteiger partial charge >= 0.3 is 0 Å². The molecule has 0 saturated heterocycles. The summed E-state index contributed by atoms with van der Waals surface area (Å²) in [7, 11) is 0. The molecule has 25 heavy (non-hydrogen) atoms. The summed E-state index contributed by atoms with van der Waals surface area (Å²) in [4.78, 5) is 13.0. The fourth-order valence-electron chi connectivity index (χ4n) is 6.24. The Balaban J connectivity index is 1.60. The predicted octanol–water partition coefficient (Wildman–Crippen LogP) is 2.30. The van der Waals surface area contributed by atoms with Crippen molar-refractivity contribution in [1.82, 2.24) is 5.32 Å². The van der Waals surface area contributed by atoms with Crippen LogP contribution >= 0.6 is 0 Å². The highest BCUT2D eigenvalue weighted by atomic mass is 16.3. The SMILES string of the molecule is Cc1ccc(C23CC4CC(CC(C(=O)NC[C@H](O)CO)(C4)C2)C3)cc1. The number of aryl methyl sites for hydroxylation is 1. The van der Waals surface area contributed by atoms with Gasteiger partial charge in [0.05, 0.1) is 18.1 Å². The Morgan fingerprint density at radius 3 is 2.44 bits per heavy atom. The van der Waals surface area contributed by atoms with Crippen LogP contribution in [0.3, 0.4) is 0 Å². The molecule has 4 nitrogen and oxygen atoms in total. The predicted molar refractivity (Wildman–Crippen MR) is 96.1 cm³/mol. The second-order valence-electron chi connectivity index (χ2n) is 8.93. The van der Waals surface area contributed by atoms with Crippen molar-refractivity contribution < 1.29 is 15.0 Å². The second-order valence-corrected chi connectivity index (χ2v) is 8.93. The van der Waals surface area contributed by atoms with Gasteiger partial charge in [0.1, 0.15) is 0 Å². The number of amides is 1. The lowest BCUT2D eigenvalue weighted by Gasteiger charge is -2.61. The molecule has 0 spiro atoms. The molecule has 136 valence electrons. The molecular formula is C21H29NO3. The first kappa shape index (κ1) is 17.0. The van der Waals surface area contributed by atoms with Crippen LogP contribution in [0.15, 0.2) is 24.3 Å². The fourth-order valence-corrected chi connectivity index (χ4v) is 6.24. The molecule has 0 radical (unpaired) electrons. The van der Waals surface area contributed by atoms with Crippen LogP contribution in [0.1, 0.15) is 49.7 Å². The second kappa shape index (κ2) is 6.10. The number of carbonyl (C=O) groups excluding carboxylic acids is 1. The Morgan fingerprint density at radius 1 is 1.20 bits per heavy atom. The van der Waals surface area contributed by atoms with Gasteiger partial charge in [-0.2, -0.15) is 0 Å². The van der Waals surface area contributed by atoms with E-state index in [1.165, 1.54) is 30.4 Å². The molecule has 0 aliphatic heterocycles. The van der Waals surface area contributed by atoms with E-state index in [4.69, 9.17) is 5.11 Å². The Labute approximate surface area is 149 Å². The highest BCUT2D eigenvalue weighted by Crippen LogP contribution is 2.65. The number of aliphatic hydroxyl groups is 2. The van der Waals surface area contributed by atoms with Crippen LogP contribution in [0, 0.1) is 24.2 Å². The lowest BCUT2D eigenvalue weighted by atomic mass is 9.42. The molecule has 4 fully saturated rings. The standard InChI is InChI=1S/C21H29NO3/c1-14-2-4-17(5-3-14)20-7-15-6-16(8-20)10-21(9-15,13-20)19(25)22-11-18(24)12-23/h2-5,15-16,18,23-24H,6-13H2,1H3,(H,22,25)/t15?,16?,18-,20?,21?/m0/s1. The maximum atomic E-state index is 13.0. The molecule has 4 aliphatic rings. The van der Waals surface area contributed by atoms with Gasteiger partial charge in [-0.3, -0.25) is 4.79 Å². The number of hydrogen-bond donors (Lipinski definition) is 3. The molecule has 5 rings (SSSR count). The zero-order valence-electron chi connectivity index (χ0n) is 15.0. The molecule has 4 saturated carbocycles. The molecule has 1 aromatic rings. The molecule has 4 heteroatoms. The Morgan fingerprint density at radius 2 is 1.84 bits per heavy atom. The zero-order valence-corrected chi connectivity index (χ0v) is 15.0. The number of rotatable bonds is 5. The van der Waals surface area contributed by atoms with Crippen molar-refractivity contribution in [2.75, 3.05) is 13.2 Å². The van der Waals surface area contributed by atoms with E-state index < -0.39 is 6.10 Å². The molecule has 0 heterocycles. The van der Waals surface area contributed by atoms with Crippen LogP contribution in [-0.2, 0) is 10.2 Å². The van der Waals surface area contributed by atoms with Gasteiger partial charge in [-0.25, -0.2) is 0 Å². The number of aliphatic hydroxyl groups excluding tert-OH is 2. The molecule has 0 aromatic heterocycles. The van der Waals surface area contributed by atoms with Crippen molar-refractivity contribution in [3.8, 4) is 0 Å². The summed E-state index contributed by atoms with van der Waals surface area (Å²) in [5.41, 5.74) is 2.54. The normalized spacial score (nSPS) is 37.1. The van der Waals surface area contributed by atoms with Gasteiger partial charge in [0.15, 0.2) is 0 Å². The maximum absolute atomic E-state index is 13.0. The molecule has 1 amide bonds. The van der Waals surface area contributed by atoms with Crippen molar-refractivity contribution in [3.63, 3.8) is 0 Å². The van der Waals surface area contributed by atoms with E-state index in [-0.39, 0.29) is 29.9 Å². The number of benzene rings is 1. The first-order valence-electron chi connectivity index (χ1n) is 9.59. The average molecular weight is 343 g/mol. The van der Waals surface area contributed by atoms with E-state index in [1.54, 1.807) is 0 Å². The molecule has 3 atom stereocenters. The monoisotopic (exact) mass is 343 g/mol. The number of carbonyl (C=O) groups is 1. The minimum absolute atomic E-state index is 0.0885. The maximum Gasteiger partial charge on any atom is 0.226 e. The van der Waals surface area contributed by atoms with Gasteiger partial charge in [0.2, 0.25) is 5.91 Å². The summed E-state index contributed by atoms with van der Waals surface area (Å²) in [6.07, 6.45) is 5.71. The van der Waals surface area contributed by atoms with Gasteiger partial charge in [-0.05, 0) is 68.3 Å². The number of hydrogen-bond acceptors (Lipinski definition) is 3. The van der Waals surface area contributed by atoms with Gasteiger partial charge < -0.3 is 15.5 Å². The van der Waals surface area contributed by atoms with E-state index >= 15 is 0 Å². The fraction of sp³-hybridized carbons (Fsp3) is 0.667. The third-order valence-electron chi connectivity index (χ3n) is 6.92.